The zero-order valence-electron chi connectivity index (χ0n) is 12.3. The van der Waals surface area contributed by atoms with Gasteiger partial charge in [0.15, 0.2) is 0 Å². The van der Waals surface area contributed by atoms with Gasteiger partial charge >= 0.3 is 0 Å². The minimum absolute atomic E-state index is 0.140. The topological polar surface area (TPSA) is 74.2 Å². The smallest absolute Gasteiger partial charge is 0.244 e. The van der Waals surface area contributed by atoms with Crippen LogP contribution in [0.3, 0.4) is 0 Å². The Morgan fingerprint density at radius 3 is 2.40 bits per heavy atom. The summed E-state index contributed by atoms with van der Waals surface area (Å²) in [5, 5.41) is 4.01. The molecule has 0 amide bonds. The molecular formula is C15H21N3O2. The molecule has 2 N–H and O–H groups in total. The lowest BCUT2D eigenvalue weighted by atomic mass is 9.87. The molecule has 1 unspecified atom stereocenters. The number of hydrogen-bond acceptors (Lipinski definition) is 5. The van der Waals surface area contributed by atoms with Crippen LogP contribution in [0.1, 0.15) is 50.2 Å². The molecule has 2 aromatic rings. The number of aromatic nitrogens is 2. The van der Waals surface area contributed by atoms with Gasteiger partial charge in [0.2, 0.25) is 11.7 Å². The molecule has 1 aromatic heterocycles. The van der Waals surface area contributed by atoms with E-state index in [9.17, 15) is 0 Å². The molecule has 1 aromatic carbocycles. The minimum atomic E-state index is -0.346. The predicted octanol–water partition coefficient (Wildman–Crippen LogP) is 2.85. The van der Waals surface area contributed by atoms with Crippen molar-refractivity contribution in [3.63, 3.8) is 0 Å². The summed E-state index contributed by atoms with van der Waals surface area (Å²) in [5.41, 5.74) is 6.97. The van der Waals surface area contributed by atoms with Gasteiger partial charge in [0.05, 0.1) is 6.04 Å². The first-order valence-corrected chi connectivity index (χ1v) is 6.60. The highest BCUT2D eigenvalue weighted by molar-refractivity contribution is 5.22. The Morgan fingerprint density at radius 2 is 1.85 bits per heavy atom. The van der Waals surface area contributed by atoms with Crippen LogP contribution in [-0.4, -0.2) is 17.3 Å². The number of rotatable bonds is 4. The van der Waals surface area contributed by atoms with Crippen molar-refractivity contribution in [3.05, 3.63) is 47.6 Å². The lowest BCUT2D eigenvalue weighted by Crippen LogP contribution is -2.26. The SMILES string of the molecule is COC(c1ccccc1)c1noc([C@@H](N)C(C)(C)C)n1. The van der Waals surface area contributed by atoms with Crippen molar-refractivity contribution in [1.29, 1.82) is 0 Å². The van der Waals surface area contributed by atoms with Gasteiger partial charge in [-0.3, -0.25) is 0 Å². The molecule has 0 spiro atoms. The Kier molecular flexibility index (Phi) is 4.20. The highest BCUT2D eigenvalue weighted by atomic mass is 16.5. The molecule has 2 atom stereocenters. The van der Waals surface area contributed by atoms with Crippen molar-refractivity contribution in [1.82, 2.24) is 10.1 Å². The monoisotopic (exact) mass is 275 g/mol. The van der Waals surface area contributed by atoms with Gasteiger partial charge in [-0.15, -0.1) is 0 Å². The second kappa shape index (κ2) is 5.73. The molecular weight excluding hydrogens is 254 g/mol. The van der Waals surface area contributed by atoms with Crippen molar-refractivity contribution in [2.24, 2.45) is 11.1 Å². The average Bonchev–Trinajstić information content (AvgIpc) is 2.88. The summed E-state index contributed by atoms with van der Waals surface area (Å²) in [6.45, 7) is 6.10. The van der Waals surface area contributed by atoms with Crippen LogP contribution in [0.5, 0.6) is 0 Å². The number of methoxy groups -OCH3 is 1. The summed E-state index contributed by atoms with van der Waals surface area (Å²) >= 11 is 0. The number of hydrogen-bond donors (Lipinski definition) is 1. The first-order valence-electron chi connectivity index (χ1n) is 6.60. The Bertz CT molecular complexity index is 546. The third-order valence-corrected chi connectivity index (χ3v) is 3.23. The van der Waals surface area contributed by atoms with Crippen molar-refractivity contribution in [3.8, 4) is 0 Å². The summed E-state index contributed by atoms with van der Waals surface area (Å²) in [6, 6.07) is 9.47. The van der Waals surface area contributed by atoms with Gasteiger partial charge in [0.1, 0.15) is 6.10 Å². The molecule has 108 valence electrons. The number of benzene rings is 1. The maximum Gasteiger partial charge on any atom is 0.244 e. The lowest BCUT2D eigenvalue weighted by Gasteiger charge is -2.23. The van der Waals surface area contributed by atoms with Crippen LogP contribution >= 0.6 is 0 Å². The van der Waals surface area contributed by atoms with E-state index < -0.39 is 0 Å². The second-order valence-electron chi connectivity index (χ2n) is 5.86. The quantitative estimate of drug-likeness (QED) is 0.928. The molecule has 0 fully saturated rings. The fourth-order valence-electron chi connectivity index (χ4n) is 1.87. The zero-order chi connectivity index (χ0) is 14.8. The number of nitrogens with zero attached hydrogens (tertiary/aromatic N) is 2. The van der Waals surface area contributed by atoms with Crippen molar-refractivity contribution < 1.29 is 9.26 Å². The number of ether oxygens (including phenoxy) is 1. The standard InChI is InChI=1S/C15H21N3O2/c1-15(2,3)12(16)14-17-13(18-20-14)11(19-4)10-8-6-5-7-9-10/h5-9,11-12H,16H2,1-4H3/t11?,12-/m1/s1. The van der Waals surface area contributed by atoms with E-state index in [1.54, 1.807) is 7.11 Å². The Balaban J connectivity index is 2.27. The Labute approximate surface area is 119 Å². The van der Waals surface area contributed by atoms with Gasteiger partial charge in [-0.1, -0.05) is 56.3 Å². The van der Waals surface area contributed by atoms with Gasteiger partial charge < -0.3 is 15.0 Å². The van der Waals surface area contributed by atoms with Crippen LogP contribution in [0.15, 0.2) is 34.9 Å². The summed E-state index contributed by atoms with van der Waals surface area (Å²) in [4.78, 5) is 4.40. The molecule has 0 bridgehead atoms. The minimum Gasteiger partial charge on any atom is -0.369 e. The third kappa shape index (κ3) is 3.05. The number of nitrogens with two attached hydrogens (primary N) is 1. The molecule has 0 aliphatic heterocycles. The van der Waals surface area contributed by atoms with E-state index in [1.807, 2.05) is 51.1 Å². The maximum atomic E-state index is 6.13. The van der Waals surface area contributed by atoms with Gasteiger partial charge in [-0.2, -0.15) is 4.98 Å². The molecule has 0 saturated carbocycles. The van der Waals surface area contributed by atoms with E-state index in [1.165, 1.54) is 0 Å². The van der Waals surface area contributed by atoms with E-state index in [-0.39, 0.29) is 17.6 Å². The normalized spacial score (nSPS) is 15.1. The van der Waals surface area contributed by atoms with E-state index >= 15 is 0 Å². The first-order chi connectivity index (χ1) is 9.43. The Morgan fingerprint density at radius 1 is 1.20 bits per heavy atom. The molecule has 20 heavy (non-hydrogen) atoms. The highest BCUT2D eigenvalue weighted by Crippen LogP contribution is 2.31. The van der Waals surface area contributed by atoms with Crippen molar-refractivity contribution >= 4 is 0 Å². The van der Waals surface area contributed by atoms with Crippen LogP contribution in [0.4, 0.5) is 0 Å². The van der Waals surface area contributed by atoms with Crippen molar-refractivity contribution in [2.45, 2.75) is 32.9 Å². The Hall–Kier alpha value is -1.72. The molecule has 2 rings (SSSR count). The first kappa shape index (κ1) is 14.7. The molecule has 5 heteroatoms. The van der Waals surface area contributed by atoms with Crippen molar-refractivity contribution in [2.75, 3.05) is 7.11 Å². The maximum absolute atomic E-state index is 6.13. The van der Waals surface area contributed by atoms with Gasteiger partial charge in [0.25, 0.3) is 0 Å². The largest absolute Gasteiger partial charge is 0.369 e. The molecule has 1 heterocycles. The van der Waals surface area contributed by atoms with Crippen LogP contribution in [-0.2, 0) is 4.74 Å². The highest BCUT2D eigenvalue weighted by Gasteiger charge is 2.29. The third-order valence-electron chi connectivity index (χ3n) is 3.23. The van der Waals surface area contributed by atoms with E-state index in [0.717, 1.165) is 5.56 Å². The molecule has 5 nitrogen and oxygen atoms in total. The van der Waals surface area contributed by atoms with E-state index in [4.69, 9.17) is 15.0 Å². The van der Waals surface area contributed by atoms with Crippen LogP contribution in [0, 0.1) is 5.41 Å². The molecule has 0 aliphatic carbocycles. The fourth-order valence-corrected chi connectivity index (χ4v) is 1.87. The summed E-state index contributed by atoms with van der Waals surface area (Å²) in [6.07, 6.45) is -0.346. The molecule has 0 saturated heterocycles. The van der Waals surface area contributed by atoms with Crippen LogP contribution < -0.4 is 5.73 Å². The molecule has 0 radical (unpaired) electrons. The van der Waals surface area contributed by atoms with E-state index in [0.29, 0.717) is 11.7 Å². The predicted molar refractivity (Wildman–Crippen MR) is 76.0 cm³/mol. The van der Waals surface area contributed by atoms with Crippen LogP contribution in [0.25, 0.3) is 0 Å². The average molecular weight is 275 g/mol. The van der Waals surface area contributed by atoms with Gasteiger partial charge in [-0.25, -0.2) is 0 Å². The van der Waals surface area contributed by atoms with Gasteiger partial charge in [0, 0.05) is 7.11 Å². The summed E-state index contributed by atoms with van der Waals surface area (Å²) in [5.74, 6) is 0.930. The fraction of sp³-hybridized carbons (Fsp3) is 0.467. The molecule has 0 aliphatic rings. The van der Waals surface area contributed by atoms with E-state index in [2.05, 4.69) is 10.1 Å². The summed E-state index contributed by atoms with van der Waals surface area (Å²) < 4.78 is 10.8. The van der Waals surface area contributed by atoms with Gasteiger partial charge in [-0.05, 0) is 11.0 Å². The van der Waals surface area contributed by atoms with Crippen LogP contribution in [0.2, 0.25) is 0 Å². The summed E-state index contributed by atoms with van der Waals surface area (Å²) in [7, 11) is 1.62. The second-order valence-corrected chi connectivity index (χ2v) is 5.86. The zero-order valence-corrected chi connectivity index (χ0v) is 12.3. The lowest BCUT2D eigenvalue weighted by molar-refractivity contribution is 0.126.